The maximum Gasteiger partial charge on any atom is 0.241 e. The Balaban J connectivity index is -0.000000663. The summed E-state index contributed by atoms with van der Waals surface area (Å²) in [5.41, 5.74) is 7.52. The third-order valence-corrected chi connectivity index (χ3v) is 5.16. The van der Waals surface area contributed by atoms with Crippen molar-refractivity contribution >= 4 is 23.3 Å². The Hall–Kier alpha value is -1.46. The van der Waals surface area contributed by atoms with Gasteiger partial charge in [-0.1, -0.05) is 78.4 Å². The molecule has 0 aromatic carbocycles. The van der Waals surface area contributed by atoms with Crippen molar-refractivity contribution in [2.45, 2.75) is 106 Å². The van der Waals surface area contributed by atoms with Crippen LogP contribution in [0.2, 0.25) is 0 Å². The molecule has 0 saturated heterocycles. The van der Waals surface area contributed by atoms with E-state index >= 15 is 0 Å². The molecule has 1 aromatic rings. The second-order valence-corrected chi connectivity index (χ2v) is 8.43. The summed E-state index contributed by atoms with van der Waals surface area (Å²) < 4.78 is 0. The van der Waals surface area contributed by atoms with E-state index in [1.807, 2.05) is 26.8 Å². The van der Waals surface area contributed by atoms with Gasteiger partial charge in [0.15, 0.2) is 0 Å². The molecular formula is C26H50N2O2S. The fraction of sp³-hybridized carbons (Fsp3) is 0.692. The molecule has 0 fully saturated rings. The molecule has 31 heavy (non-hydrogen) atoms. The molecule has 1 aromatic heterocycles. The van der Waals surface area contributed by atoms with Crippen molar-refractivity contribution in [1.29, 1.82) is 0 Å². The molecule has 0 bridgehead atoms. The summed E-state index contributed by atoms with van der Waals surface area (Å²) in [6, 6.07) is 0. The molecule has 0 aliphatic rings. The zero-order valence-corrected chi connectivity index (χ0v) is 22.4. The number of amides is 1. The zero-order valence-electron chi connectivity index (χ0n) is 21.5. The Morgan fingerprint density at radius 2 is 1.74 bits per heavy atom. The minimum Gasteiger partial charge on any atom is -0.400 e. The number of unbranched alkanes of at least 4 members (excludes halogenated alkanes) is 3. The average molecular weight is 455 g/mol. The highest BCUT2D eigenvalue weighted by atomic mass is 32.1. The van der Waals surface area contributed by atoms with E-state index in [1.54, 1.807) is 11.3 Å². The Kier molecular flexibility index (Phi) is 29.3. The largest absolute Gasteiger partial charge is 0.400 e. The SMILES string of the molecule is C/C(=C\c1csc(C)n1)CCCC(C)CC/C=C/C(N)=O.CC.CCCCCC.CO. The van der Waals surface area contributed by atoms with Crippen molar-refractivity contribution < 1.29 is 9.90 Å². The van der Waals surface area contributed by atoms with E-state index in [0.29, 0.717) is 5.92 Å². The van der Waals surface area contributed by atoms with Crippen molar-refractivity contribution in [1.82, 2.24) is 4.98 Å². The summed E-state index contributed by atoms with van der Waals surface area (Å²) in [5.74, 6) is 0.317. The van der Waals surface area contributed by atoms with Crippen LogP contribution in [0.25, 0.3) is 6.08 Å². The predicted octanol–water partition coefficient (Wildman–Crippen LogP) is 7.70. The fourth-order valence-electron chi connectivity index (χ4n) is 2.73. The number of carbonyl (C=O) groups is 1. The lowest BCUT2D eigenvalue weighted by molar-refractivity contribution is -0.113. The Morgan fingerprint density at radius 1 is 1.16 bits per heavy atom. The van der Waals surface area contributed by atoms with Gasteiger partial charge in [0.2, 0.25) is 5.91 Å². The molecule has 0 saturated carbocycles. The molecule has 182 valence electrons. The topological polar surface area (TPSA) is 76.2 Å². The summed E-state index contributed by atoms with van der Waals surface area (Å²) in [5, 5.41) is 10.2. The highest BCUT2D eigenvalue weighted by Gasteiger charge is 2.02. The van der Waals surface area contributed by atoms with E-state index in [-0.39, 0.29) is 5.91 Å². The van der Waals surface area contributed by atoms with E-state index in [2.05, 4.69) is 44.1 Å². The molecule has 1 unspecified atom stereocenters. The quantitative estimate of drug-likeness (QED) is 0.251. The number of aromatic nitrogens is 1. The molecular weight excluding hydrogens is 404 g/mol. The van der Waals surface area contributed by atoms with Gasteiger partial charge < -0.3 is 10.8 Å². The number of hydrogen-bond acceptors (Lipinski definition) is 4. The number of allylic oxidation sites excluding steroid dienone is 2. The van der Waals surface area contributed by atoms with Crippen LogP contribution in [-0.2, 0) is 4.79 Å². The number of nitrogens with zero attached hydrogens (tertiary/aromatic N) is 1. The molecule has 4 nitrogen and oxygen atoms in total. The van der Waals surface area contributed by atoms with Gasteiger partial charge in [0.1, 0.15) is 0 Å². The van der Waals surface area contributed by atoms with Crippen LogP contribution >= 0.6 is 11.3 Å². The van der Waals surface area contributed by atoms with Crippen LogP contribution in [0.15, 0.2) is 23.1 Å². The van der Waals surface area contributed by atoms with Crippen molar-refractivity contribution in [2.24, 2.45) is 11.7 Å². The molecule has 0 radical (unpaired) electrons. The fourth-order valence-corrected chi connectivity index (χ4v) is 3.30. The van der Waals surface area contributed by atoms with Gasteiger partial charge in [-0.2, -0.15) is 0 Å². The van der Waals surface area contributed by atoms with Crippen molar-refractivity contribution in [3.05, 3.63) is 33.8 Å². The third kappa shape index (κ3) is 26.5. The van der Waals surface area contributed by atoms with E-state index < -0.39 is 0 Å². The summed E-state index contributed by atoms with van der Waals surface area (Å²) in [7, 11) is 1.00. The second-order valence-electron chi connectivity index (χ2n) is 7.37. The first-order valence-electron chi connectivity index (χ1n) is 11.9. The van der Waals surface area contributed by atoms with E-state index in [1.165, 1.54) is 50.2 Å². The number of aliphatic hydroxyl groups excluding tert-OH is 1. The first kappa shape index (κ1) is 34.2. The highest BCUT2D eigenvalue weighted by molar-refractivity contribution is 7.09. The van der Waals surface area contributed by atoms with E-state index in [0.717, 1.165) is 37.1 Å². The zero-order chi connectivity index (χ0) is 24.5. The van der Waals surface area contributed by atoms with Crippen LogP contribution in [0.4, 0.5) is 0 Å². The molecule has 3 N–H and O–H groups in total. The van der Waals surface area contributed by atoms with Gasteiger partial charge >= 0.3 is 0 Å². The molecule has 1 rings (SSSR count). The summed E-state index contributed by atoms with van der Waals surface area (Å²) in [6.45, 7) is 14.9. The first-order chi connectivity index (χ1) is 14.9. The number of hydrogen-bond donors (Lipinski definition) is 2. The molecule has 5 heteroatoms. The maximum absolute atomic E-state index is 10.6. The van der Waals surface area contributed by atoms with Gasteiger partial charge in [-0.25, -0.2) is 4.98 Å². The van der Waals surface area contributed by atoms with E-state index in [4.69, 9.17) is 10.8 Å². The Bertz CT molecular complexity index is 562. The van der Waals surface area contributed by atoms with Gasteiger partial charge in [0.25, 0.3) is 0 Å². The normalized spacial score (nSPS) is 11.5. The number of carbonyl (C=O) groups excluding carboxylic acids is 1. The highest BCUT2D eigenvalue weighted by Crippen LogP contribution is 2.19. The Labute approximate surface area is 197 Å². The third-order valence-electron chi connectivity index (χ3n) is 4.36. The minimum absolute atomic E-state index is 0.360. The molecule has 0 aliphatic heterocycles. The maximum atomic E-state index is 10.6. The van der Waals surface area contributed by atoms with Crippen LogP contribution in [0.1, 0.15) is 110 Å². The predicted molar refractivity (Wildman–Crippen MR) is 140 cm³/mol. The Morgan fingerprint density at radius 3 is 2.19 bits per heavy atom. The number of aryl methyl sites for hydroxylation is 1. The second kappa shape index (κ2) is 26.6. The molecule has 1 heterocycles. The van der Waals surface area contributed by atoms with Crippen molar-refractivity contribution in [3.8, 4) is 0 Å². The van der Waals surface area contributed by atoms with Crippen LogP contribution in [0.5, 0.6) is 0 Å². The lowest BCUT2D eigenvalue weighted by atomic mass is 9.97. The van der Waals surface area contributed by atoms with Crippen molar-refractivity contribution in [2.75, 3.05) is 7.11 Å². The van der Waals surface area contributed by atoms with Gasteiger partial charge in [-0.05, 0) is 57.6 Å². The smallest absolute Gasteiger partial charge is 0.241 e. The minimum atomic E-state index is -0.360. The van der Waals surface area contributed by atoms with Crippen LogP contribution in [0.3, 0.4) is 0 Å². The standard InChI is InChI=1S/C17H26N2OS.C6H14.C2H6.CH4O/c1-13(7-4-5-10-17(18)20)8-6-9-14(2)11-16-12-21-15(3)19-16;1-3-5-6-4-2;2*1-2/h5,10-13H,4,6-9H2,1-3H3,(H2,18,20);3-6H2,1-2H3;1-2H3;2H,1H3/b10-5+,14-11+;;;. The molecule has 1 atom stereocenters. The molecule has 1 amide bonds. The summed E-state index contributed by atoms with van der Waals surface area (Å²) in [6.07, 6.45) is 16.6. The summed E-state index contributed by atoms with van der Waals surface area (Å²) >= 11 is 1.69. The monoisotopic (exact) mass is 454 g/mol. The van der Waals surface area contributed by atoms with Gasteiger partial charge in [-0.3, -0.25) is 4.79 Å². The number of nitrogens with two attached hydrogens (primary N) is 1. The van der Waals surface area contributed by atoms with Crippen LogP contribution in [-0.4, -0.2) is 23.1 Å². The number of rotatable bonds is 12. The van der Waals surface area contributed by atoms with Gasteiger partial charge in [-0.15, -0.1) is 11.3 Å². The number of thiazole rings is 1. The average Bonchev–Trinajstić information content (AvgIpc) is 3.17. The van der Waals surface area contributed by atoms with Crippen molar-refractivity contribution in [3.63, 3.8) is 0 Å². The number of primary amides is 1. The lowest BCUT2D eigenvalue weighted by Gasteiger charge is -2.09. The van der Waals surface area contributed by atoms with Crippen LogP contribution < -0.4 is 5.73 Å². The van der Waals surface area contributed by atoms with Crippen LogP contribution in [0, 0.1) is 12.8 Å². The molecule has 0 aliphatic carbocycles. The van der Waals surface area contributed by atoms with Gasteiger partial charge in [0, 0.05) is 12.5 Å². The number of aliphatic hydroxyl groups is 1. The summed E-state index contributed by atoms with van der Waals surface area (Å²) in [4.78, 5) is 15.0. The molecule has 0 spiro atoms. The lowest BCUT2D eigenvalue weighted by Crippen LogP contribution is -2.05. The van der Waals surface area contributed by atoms with Gasteiger partial charge in [0.05, 0.1) is 10.7 Å². The first-order valence-corrected chi connectivity index (χ1v) is 12.8. The van der Waals surface area contributed by atoms with E-state index in [9.17, 15) is 4.79 Å².